The van der Waals surface area contributed by atoms with Gasteiger partial charge in [0.25, 0.3) is 0 Å². The molecule has 1 saturated carbocycles. The number of hydrogen-bond donors (Lipinski definition) is 2. The number of anilines is 2. The zero-order chi connectivity index (χ0) is 12.6. The predicted octanol–water partition coefficient (Wildman–Crippen LogP) is 1.72. The molecule has 3 N–H and O–H groups in total. The molecule has 0 radical (unpaired) electrons. The van der Waals surface area contributed by atoms with Crippen molar-refractivity contribution in [1.29, 1.82) is 0 Å². The number of benzene rings is 1. The fourth-order valence-electron chi connectivity index (χ4n) is 1.49. The van der Waals surface area contributed by atoms with Crippen molar-refractivity contribution in [2.45, 2.75) is 18.6 Å². The third-order valence-electron chi connectivity index (χ3n) is 2.60. The number of nitrogens with two attached hydrogens (primary N) is 1. The minimum Gasteiger partial charge on any atom is -0.465 e. The third-order valence-corrected chi connectivity index (χ3v) is 2.60. The van der Waals surface area contributed by atoms with Crippen molar-refractivity contribution in [2.75, 3.05) is 18.2 Å². The van der Waals surface area contributed by atoms with Gasteiger partial charge in [0.05, 0.1) is 30.1 Å². The summed E-state index contributed by atoms with van der Waals surface area (Å²) < 4.78 is 30.6. The first-order chi connectivity index (χ1) is 8.02. The van der Waals surface area contributed by atoms with E-state index in [1.165, 1.54) is 6.07 Å². The van der Waals surface area contributed by atoms with Gasteiger partial charge in [-0.3, -0.25) is 0 Å². The Morgan fingerprint density at radius 3 is 2.76 bits per heavy atom. The number of nitrogens with one attached hydrogen (secondary N) is 1. The molecule has 1 fully saturated rings. The molecule has 1 aromatic rings. The van der Waals surface area contributed by atoms with Crippen LogP contribution in [0.5, 0.6) is 0 Å². The van der Waals surface area contributed by atoms with Crippen molar-refractivity contribution in [3.63, 3.8) is 0 Å². The fourth-order valence-corrected chi connectivity index (χ4v) is 1.49. The number of carbonyl (C=O) groups excluding carboxylic acids is 1. The molecule has 1 aromatic carbocycles. The third kappa shape index (κ3) is 2.30. The lowest BCUT2D eigenvalue weighted by Gasteiger charge is -2.10. The van der Waals surface area contributed by atoms with Gasteiger partial charge in [-0.15, -0.1) is 0 Å². The molecule has 2 rings (SSSR count). The lowest BCUT2D eigenvalue weighted by atomic mass is 10.1. The van der Waals surface area contributed by atoms with Crippen LogP contribution in [0, 0.1) is 5.82 Å². The zero-order valence-electron chi connectivity index (χ0n) is 9.17. The van der Waals surface area contributed by atoms with Gasteiger partial charge in [-0.05, 0) is 12.1 Å². The SMILES string of the molecule is COC(=O)c1cc(N)c(NC2CC2F)cc1F. The number of halogens is 2. The number of ether oxygens (including phenoxy) is 1. The van der Waals surface area contributed by atoms with Crippen molar-refractivity contribution in [1.82, 2.24) is 0 Å². The van der Waals surface area contributed by atoms with Crippen LogP contribution in [0.15, 0.2) is 12.1 Å². The van der Waals surface area contributed by atoms with Crippen molar-refractivity contribution in [3.05, 3.63) is 23.5 Å². The van der Waals surface area contributed by atoms with E-state index in [0.29, 0.717) is 12.1 Å². The van der Waals surface area contributed by atoms with Crippen LogP contribution < -0.4 is 11.1 Å². The van der Waals surface area contributed by atoms with Gasteiger partial charge in [-0.25, -0.2) is 13.6 Å². The number of hydrogen-bond acceptors (Lipinski definition) is 4. The second kappa shape index (κ2) is 4.20. The zero-order valence-corrected chi connectivity index (χ0v) is 9.17. The highest BCUT2D eigenvalue weighted by atomic mass is 19.1. The van der Waals surface area contributed by atoms with E-state index in [-0.39, 0.29) is 17.3 Å². The summed E-state index contributed by atoms with van der Waals surface area (Å²) in [6.45, 7) is 0. The molecule has 0 aliphatic heterocycles. The molecular weight excluding hydrogens is 230 g/mol. The maximum atomic E-state index is 13.5. The van der Waals surface area contributed by atoms with Crippen LogP contribution in [0.25, 0.3) is 0 Å². The molecule has 6 heteroatoms. The predicted molar refractivity (Wildman–Crippen MR) is 59.1 cm³/mol. The number of alkyl halides is 1. The van der Waals surface area contributed by atoms with Gasteiger partial charge in [0.15, 0.2) is 0 Å². The van der Waals surface area contributed by atoms with Crippen molar-refractivity contribution in [2.24, 2.45) is 0 Å². The molecule has 2 unspecified atom stereocenters. The summed E-state index contributed by atoms with van der Waals surface area (Å²) in [7, 11) is 1.15. The Kier molecular flexibility index (Phi) is 2.87. The maximum absolute atomic E-state index is 13.5. The fraction of sp³-hybridized carbons (Fsp3) is 0.364. The number of methoxy groups -OCH3 is 1. The Morgan fingerprint density at radius 2 is 2.24 bits per heavy atom. The van der Waals surface area contributed by atoms with Gasteiger partial charge in [0.1, 0.15) is 12.0 Å². The molecule has 4 nitrogen and oxygen atoms in total. The van der Waals surface area contributed by atoms with Crippen LogP contribution >= 0.6 is 0 Å². The van der Waals surface area contributed by atoms with E-state index in [1.807, 2.05) is 0 Å². The highest BCUT2D eigenvalue weighted by molar-refractivity contribution is 5.92. The van der Waals surface area contributed by atoms with Crippen LogP contribution in [-0.4, -0.2) is 25.3 Å². The first kappa shape index (κ1) is 11.6. The quantitative estimate of drug-likeness (QED) is 0.625. The summed E-state index contributed by atoms with van der Waals surface area (Å²) in [5.41, 5.74) is 5.89. The van der Waals surface area contributed by atoms with Crippen LogP contribution in [-0.2, 0) is 4.74 Å². The van der Waals surface area contributed by atoms with E-state index < -0.39 is 18.0 Å². The average Bonchev–Trinajstić information content (AvgIpc) is 2.98. The van der Waals surface area contributed by atoms with Crippen molar-refractivity contribution < 1.29 is 18.3 Å². The van der Waals surface area contributed by atoms with Gasteiger partial charge < -0.3 is 15.8 Å². The molecule has 1 aliphatic carbocycles. The summed E-state index contributed by atoms with van der Waals surface area (Å²) >= 11 is 0. The second-order valence-electron chi connectivity index (χ2n) is 3.91. The molecule has 0 heterocycles. The van der Waals surface area contributed by atoms with E-state index in [4.69, 9.17) is 5.73 Å². The highest BCUT2D eigenvalue weighted by Crippen LogP contribution is 2.32. The minimum atomic E-state index is -0.919. The summed E-state index contributed by atoms with van der Waals surface area (Å²) in [6.07, 6.45) is -0.530. The lowest BCUT2D eigenvalue weighted by molar-refractivity contribution is 0.0595. The summed E-state index contributed by atoms with van der Waals surface area (Å²) in [4.78, 5) is 11.2. The molecule has 17 heavy (non-hydrogen) atoms. The molecule has 0 aromatic heterocycles. The maximum Gasteiger partial charge on any atom is 0.340 e. The Morgan fingerprint density at radius 1 is 1.59 bits per heavy atom. The normalized spacial score (nSPS) is 22.1. The smallest absolute Gasteiger partial charge is 0.340 e. The largest absolute Gasteiger partial charge is 0.465 e. The number of esters is 1. The highest BCUT2D eigenvalue weighted by Gasteiger charge is 2.37. The van der Waals surface area contributed by atoms with E-state index in [0.717, 1.165) is 13.2 Å². The Bertz CT molecular complexity index is 465. The molecule has 0 spiro atoms. The van der Waals surface area contributed by atoms with E-state index in [2.05, 4.69) is 10.1 Å². The Balaban J connectivity index is 2.24. The van der Waals surface area contributed by atoms with Crippen LogP contribution in [0.3, 0.4) is 0 Å². The molecule has 0 bridgehead atoms. The topological polar surface area (TPSA) is 64.3 Å². The molecule has 92 valence electrons. The van der Waals surface area contributed by atoms with Crippen molar-refractivity contribution in [3.8, 4) is 0 Å². The molecule has 0 saturated heterocycles. The van der Waals surface area contributed by atoms with E-state index in [9.17, 15) is 13.6 Å². The summed E-state index contributed by atoms with van der Waals surface area (Å²) in [5.74, 6) is -1.54. The number of rotatable bonds is 3. The first-order valence-electron chi connectivity index (χ1n) is 5.11. The average molecular weight is 242 g/mol. The molecular formula is C11H12F2N2O2. The monoisotopic (exact) mass is 242 g/mol. The van der Waals surface area contributed by atoms with E-state index >= 15 is 0 Å². The van der Waals surface area contributed by atoms with Crippen molar-refractivity contribution >= 4 is 17.3 Å². The summed E-state index contributed by atoms with van der Waals surface area (Å²) in [5, 5.41) is 2.77. The summed E-state index contributed by atoms with van der Waals surface area (Å²) in [6, 6.07) is 1.94. The molecule has 2 atom stereocenters. The van der Waals surface area contributed by atoms with Crippen LogP contribution in [0.1, 0.15) is 16.8 Å². The Labute approximate surface area is 96.7 Å². The van der Waals surface area contributed by atoms with Gasteiger partial charge in [-0.2, -0.15) is 0 Å². The minimum absolute atomic E-state index is 0.186. The standard InChI is InChI=1S/C11H12F2N2O2/c1-17-11(16)5-2-8(14)10(3-6(5)12)15-9-4-7(9)13/h2-3,7,9,15H,4,14H2,1H3. The lowest BCUT2D eigenvalue weighted by Crippen LogP contribution is -2.10. The second-order valence-corrected chi connectivity index (χ2v) is 3.91. The van der Waals surface area contributed by atoms with Gasteiger partial charge >= 0.3 is 5.97 Å². The van der Waals surface area contributed by atoms with Crippen LogP contribution in [0.2, 0.25) is 0 Å². The van der Waals surface area contributed by atoms with Gasteiger partial charge in [0, 0.05) is 6.42 Å². The number of carbonyl (C=O) groups is 1. The molecule has 1 aliphatic rings. The van der Waals surface area contributed by atoms with Crippen LogP contribution in [0.4, 0.5) is 20.2 Å². The van der Waals surface area contributed by atoms with E-state index in [1.54, 1.807) is 0 Å². The Hall–Kier alpha value is -1.85. The number of nitrogen functional groups attached to an aromatic ring is 1. The first-order valence-corrected chi connectivity index (χ1v) is 5.11. The van der Waals surface area contributed by atoms with Gasteiger partial charge in [0.2, 0.25) is 0 Å². The molecule has 0 amide bonds. The van der Waals surface area contributed by atoms with Gasteiger partial charge in [-0.1, -0.05) is 0 Å².